The SMILES string of the molecule is S=C(NCC1CCCO1)Nc1cnc(Br)cn1. The van der Waals surface area contributed by atoms with Gasteiger partial charge in [-0.15, -0.1) is 0 Å². The standard InChI is InChI=1S/C10H13BrN4OS/c11-8-5-13-9(6-12-8)15-10(17)14-4-7-2-1-3-16-7/h5-7H,1-4H2,(H2,13,14,15,17). The number of nitrogens with one attached hydrogen (secondary N) is 2. The summed E-state index contributed by atoms with van der Waals surface area (Å²) in [5.41, 5.74) is 0. The van der Waals surface area contributed by atoms with E-state index in [1.807, 2.05) is 0 Å². The summed E-state index contributed by atoms with van der Waals surface area (Å²) in [4.78, 5) is 8.17. The number of anilines is 1. The van der Waals surface area contributed by atoms with E-state index in [1.54, 1.807) is 12.4 Å². The second-order valence-electron chi connectivity index (χ2n) is 3.69. The van der Waals surface area contributed by atoms with Crippen LogP contribution in [0.25, 0.3) is 0 Å². The lowest BCUT2D eigenvalue weighted by Crippen LogP contribution is -2.35. The van der Waals surface area contributed by atoms with Crippen molar-refractivity contribution >= 4 is 39.1 Å². The molecule has 1 aromatic rings. The van der Waals surface area contributed by atoms with Gasteiger partial charge in [-0.3, -0.25) is 0 Å². The molecule has 5 nitrogen and oxygen atoms in total. The van der Waals surface area contributed by atoms with Crippen molar-refractivity contribution in [3.63, 3.8) is 0 Å². The fraction of sp³-hybridized carbons (Fsp3) is 0.500. The molecule has 2 N–H and O–H groups in total. The molecule has 1 aliphatic heterocycles. The number of halogens is 1. The Balaban J connectivity index is 1.74. The van der Waals surface area contributed by atoms with Crippen LogP contribution in [0.3, 0.4) is 0 Å². The zero-order chi connectivity index (χ0) is 12.1. The van der Waals surface area contributed by atoms with Crippen LogP contribution in [0.15, 0.2) is 17.0 Å². The number of thiocarbonyl (C=S) groups is 1. The van der Waals surface area contributed by atoms with Gasteiger partial charge in [-0.25, -0.2) is 9.97 Å². The highest BCUT2D eigenvalue weighted by atomic mass is 79.9. The summed E-state index contributed by atoms with van der Waals surface area (Å²) in [5.74, 6) is 0.623. The van der Waals surface area contributed by atoms with Crippen LogP contribution in [0, 0.1) is 0 Å². The molecule has 1 unspecified atom stereocenters. The number of nitrogens with zero attached hydrogens (tertiary/aromatic N) is 2. The maximum absolute atomic E-state index is 5.49. The highest BCUT2D eigenvalue weighted by Gasteiger charge is 2.15. The molecule has 0 amide bonds. The molecule has 0 saturated carbocycles. The molecule has 0 bridgehead atoms. The number of ether oxygens (including phenoxy) is 1. The van der Waals surface area contributed by atoms with Crippen LogP contribution in [0.1, 0.15) is 12.8 Å². The van der Waals surface area contributed by atoms with Crippen LogP contribution < -0.4 is 10.6 Å². The van der Waals surface area contributed by atoms with E-state index in [1.165, 1.54) is 0 Å². The molecular formula is C10H13BrN4OS. The van der Waals surface area contributed by atoms with Gasteiger partial charge in [0.05, 0.1) is 18.5 Å². The van der Waals surface area contributed by atoms with Crippen LogP contribution in [-0.2, 0) is 4.74 Å². The Kier molecular flexibility index (Phi) is 4.64. The zero-order valence-electron chi connectivity index (χ0n) is 9.15. The van der Waals surface area contributed by atoms with Gasteiger partial charge in [0.15, 0.2) is 10.9 Å². The first-order valence-electron chi connectivity index (χ1n) is 5.38. The summed E-state index contributed by atoms with van der Waals surface area (Å²) in [6.45, 7) is 1.58. The second-order valence-corrected chi connectivity index (χ2v) is 4.92. The molecule has 1 aromatic heterocycles. The molecule has 1 fully saturated rings. The van der Waals surface area contributed by atoms with Gasteiger partial charge in [0, 0.05) is 13.2 Å². The third-order valence-corrected chi connectivity index (χ3v) is 3.03. The first-order valence-corrected chi connectivity index (χ1v) is 6.58. The molecule has 2 heterocycles. The number of hydrogen-bond donors (Lipinski definition) is 2. The number of aromatic nitrogens is 2. The van der Waals surface area contributed by atoms with Gasteiger partial charge in [-0.05, 0) is 41.0 Å². The van der Waals surface area contributed by atoms with Gasteiger partial charge in [0.25, 0.3) is 0 Å². The topological polar surface area (TPSA) is 59.1 Å². The lowest BCUT2D eigenvalue weighted by molar-refractivity contribution is 0.114. The second kappa shape index (κ2) is 6.23. The van der Waals surface area contributed by atoms with Crippen molar-refractivity contribution in [2.45, 2.75) is 18.9 Å². The van der Waals surface area contributed by atoms with Gasteiger partial charge >= 0.3 is 0 Å². The van der Waals surface area contributed by atoms with Crippen molar-refractivity contribution in [3.8, 4) is 0 Å². The maximum atomic E-state index is 5.49. The molecule has 2 rings (SSSR count). The summed E-state index contributed by atoms with van der Waals surface area (Å²) in [5, 5.41) is 6.61. The third-order valence-electron chi connectivity index (χ3n) is 2.38. The predicted molar refractivity (Wildman–Crippen MR) is 72.9 cm³/mol. The molecule has 1 atom stereocenters. The molecule has 17 heavy (non-hydrogen) atoms. The van der Waals surface area contributed by atoms with Crippen LogP contribution in [-0.4, -0.2) is 34.3 Å². The van der Waals surface area contributed by atoms with Crippen LogP contribution in [0.4, 0.5) is 5.82 Å². The molecule has 0 aromatic carbocycles. The van der Waals surface area contributed by atoms with Crippen molar-refractivity contribution in [3.05, 3.63) is 17.0 Å². The zero-order valence-corrected chi connectivity index (χ0v) is 11.6. The van der Waals surface area contributed by atoms with E-state index in [4.69, 9.17) is 17.0 Å². The lowest BCUT2D eigenvalue weighted by Gasteiger charge is -2.13. The Bertz CT molecular complexity index is 380. The molecule has 1 saturated heterocycles. The minimum atomic E-state index is 0.269. The van der Waals surface area contributed by atoms with Crippen molar-refractivity contribution in [2.24, 2.45) is 0 Å². The summed E-state index contributed by atoms with van der Waals surface area (Å²) in [6, 6.07) is 0. The van der Waals surface area contributed by atoms with E-state index in [0.29, 0.717) is 15.5 Å². The maximum Gasteiger partial charge on any atom is 0.172 e. The van der Waals surface area contributed by atoms with Gasteiger partial charge in [0.2, 0.25) is 0 Å². The van der Waals surface area contributed by atoms with Crippen LogP contribution >= 0.6 is 28.1 Å². The molecule has 92 valence electrons. The Morgan fingerprint density at radius 2 is 2.41 bits per heavy atom. The Labute approximate surface area is 113 Å². The lowest BCUT2D eigenvalue weighted by atomic mass is 10.2. The largest absolute Gasteiger partial charge is 0.376 e. The average molecular weight is 317 g/mol. The van der Waals surface area contributed by atoms with Crippen molar-refractivity contribution < 1.29 is 4.74 Å². The summed E-state index contributed by atoms with van der Waals surface area (Å²) >= 11 is 8.37. The van der Waals surface area contributed by atoms with E-state index < -0.39 is 0 Å². The first kappa shape index (κ1) is 12.7. The van der Waals surface area contributed by atoms with E-state index in [-0.39, 0.29) is 6.10 Å². The van der Waals surface area contributed by atoms with Gasteiger partial charge in [0.1, 0.15) is 4.60 Å². The average Bonchev–Trinajstić information content (AvgIpc) is 2.83. The monoisotopic (exact) mass is 316 g/mol. The number of rotatable bonds is 3. The van der Waals surface area contributed by atoms with Crippen molar-refractivity contribution in [1.29, 1.82) is 0 Å². The van der Waals surface area contributed by atoms with Crippen molar-refractivity contribution in [2.75, 3.05) is 18.5 Å². The van der Waals surface area contributed by atoms with E-state index in [9.17, 15) is 0 Å². The molecule has 7 heteroatoms. The Morgan fingerprint density at radius 3 is 3.06 bits per heavy atom. The van der Waals surface area contributed by atoms with E-state index >= 15 is 0 Å². The fourth-order valence-electron chi connectivity index (χ4n) is 1.55. The summed E-state index contributed by atoms with van der Waals surface area (Å²) in [7, 11) is 0. The molecule has 1 aliphatic rings. The first-order chi connectivity index (χ1) is 8.24. The molecule has 0 aliphatic carbocycles. The predicted octanol–water partition coefficient (Wildman–Crippen LogP) is 1.70. The van der Waals surface area contributed by atoms with E-state index in [0.717, 1.165) is 26.0 Å². The quantitative estimate of drug-likeness (QED) is 0.828. The van der Waals surface area contributed by atoms with Gasteiger partial charge in [-0.2, -0.15) is 0 Å². The van der Waals surface area contributed by atoms with Crippen molar-refractivity contribution in [1.82, 2.24) is 15.3 Å². The summed E-state index contributed by atoms with van der Waals surface area (Å²) < 4.78 is 6.18. The van der Waals surface area contributed by atoms with Gasteiger partial charge in [-0.1, -0.05) is 0 Å². The molecule has 0 radical (unpaired) electrons. The van der Waals surface area contributed by atoms with Gasteiger partial charge < -0.3 is 15.4 Å². The van der Waals surface area contributed by atoms with E-state index in [2.05, 4.69) is 36.5 Å². The van der Waals surface area contributed by atoms with Crippen LogP contribution in [0.5, 0.6) is 0 Å². The van der Waals surface area contributed by atoms with Crippen LogP contribution in [0.2, 0.25) is 0 Å². The minimum absolute atomic E-state index is 0.269. The molecule has 0 spiro atoms. The highest BCUT2D eigenvalue weighted by molar-refractivity contribution is 9.10. The number of hydrogen-bond acceptors (Lipinski definition) is 4. The highest BCUT2D eigenvalue weighted by Crippen LogP contribution is 2.10. The summed E-state index contributed by atoms with van der Waals surface area (Å²) in [6.07, 6.45) is 5.72. The normalized spacial score (nSPS) is 19.0. The fourth-order valence-corrected chi connectivity index (χ4v) is 1.94. The minimum Gasteiger partial charge on any atom is -0.376 e. The third kappa shape index (κ3) is 4.18. The smallest absolute Gasteiger partial charge is 0.172 e. The molecular weight excluding hydrogens is 304 g/mol. The Morgan fingerprint density at radius 1 is 1.53 bits per heavy atom. The Hall–Kier alpha value is -0.790.